The Bertz CT molecular complexity index is 749. The average Bonchev–Trinajstić information content (AvgIpc) is 3.16. The highest BCUT2D eigenvalue weighted by molar-refractivity contribution is 7.89. The van der Waals surface area contributed by atoms with Crippen LogP contribution < -0.4 is 10.2 Å². The number of piperidine rings is 1. The minimum Gasteiger partial charge on any atom is -0.371 e. The van der Waals surface area contributed by atoms with Crippen LogP contribution in [0.1, 0.15) is 56.3 Å². The molecule has 0 radical (unpaired) electrons. The summed E-state index contributed by atoms with van der Waals surface area (Å²) in [6, 6.07) is 5.02. The summed E-state index contributed by atoms with van der Waals surface area (Å²) in [5.74, 6) is -0.211. The second-order valence-corrected chi connectivity index (χ2v) is 9.40. The summed E-state index contributed by atoms with van der Waals surface area (Å²) in [4.78, 5) is 15.1. The van der Waals surface area contributed by atoms with E-state index in [9.17, 15) is 13.2 Å². The number of benzene rings is 1. The fraction of sp³-hybridized carbons (Fsp3) is 0.632. The number of hydrogen-bond donors (Lipinski definition) is 1. The second kappa shape index (κ2) is 7.96. The van der Waals surface area contributed by atoms with Gasteiger partial charge in [0, 0.05) is 37.9 Å². The molecule has 2 aliphatic heterocycles. The molecular weight excluding hydrogens is 350 g/mol. The van der Waals surface area contributed by atoms with Crippen molar-refractivity contribution in [1.29, 1.82) is 0 Å². The van der Waals surface area contributed by atoms with E-state index in [0.717, 1.165) is 50.9 Å². The van der Waals surface area contributed by atoms with E-state index in [-0.39, 0.29) is 16.8 Å². The van der Waals surface area contributed by atoms with Crippen LogP contribution in [0.4, 0.5) is 5.69 Å². The second-order valence-electron chi connectivity index (χ2n) is 7.47. The first-order chi connectivity index (χ1) is 12.4. The molecule has 144 valence electrons. The van der Waals surface area contributed by atoms with Gasteiger partial charge in [-0.15, -0.1) is 0 Å². The first-order valence-electron chi connectivity index (χ1n) is 9.59. The third-order valence-electron chi connectivity index (χ3n) is 5.03. The van der Waals surface area contributed by atoms with E-state index in [0.29, 0.717) is 18.7 Å². The number of amides is 1. The molecule has 2 aliphatic rings. The van der Waals surface area contributed by atoms with Crippen molar-refractivity contribution in [2.45, 2.75) is 56.9 Å². The Kier molecular flexibility index (Phi) is 5.87. The van der Waals surface area contributed by atoms with Crippen LogP contribution in [-0.4, -0.2) is 50.9 Å². The molecule has 0 aromatic heterocycles. The Morgan fingerprint density at radius 2 is 1.62 bits per heavy atom. The minimum absolute atomic E-state index is 0.00344. The van der Waals surface area contributed by atoms with E-state index in [1.807, 2.05) is 13.8 Å². The third kappa shape index (κ3) is 4.04. The van der Waals surface area contributed by atoms with Crippen molar-refractivity contribution < 1.29 is 13.2 Å². The lowest BCUT2D eigenvalue weighted by molar-refractivity contribution is 0.0943. The molecule has 26 heavy (non-hydrogen) atoms. The summed E-state index contributed by atoms with van der Waals surface area (Å²) < 4.78 is 27.5. The van der Waals surface area contributed by atoms with Crippen LogP contribution in [0.5, 0.6) is 0 Å². The first-order valence-corrected chi connectivity index (χ1v) is 11.0. The number of sulfonamides is 1. The van der Waals surface area contributed by atoms with Gasteiger partial charge in [0.15, 0.2) is 0 Å². The van der Waals surface area contributed by atoms with Crippen molar-refractivity contribution in [2.75, 3.05) is 31.1 Å². The lowest BCUT2D eigenvalue weighted by Crippen LogP contribution is -2.36. The Hall–Kier alpha value is -1.60. The molecule has 0 aliphatic carbocycles. The Balaban J connectivity index is 1.98. The van der Waals surface area contributed by atoms with Gasteiger partial charge in [-0.05, 0) is 57.7 Å². The molecule has 1 aromatic rings. The summed E-state index contributed by atoms with van der Waals surface area (Å²) in [6.45, 7) is 6.73. The van der Waals surface area contributed by atoms with Gasteiger partial charge in [-0.3, -0.25) is 4.79 Å². The molecule has 1 N–H and O–H groups in total. The van der Waals surface area contributed by atoms with Gasteiger partial charge in [-0.2, -0.15) is 4.31 Å². The Labute approximate surface area is 156 Å². The van der Waals surface area contributed by atoms with Crippen LogP contribution in [0.15, 0.2) is 23.1 Å². The van der Waals surface area contributed by atoms with Crippen LogP contribution in [0.3, 0.4) is 0 Å². The summed E-state index contributed by atoms with van der Waals surface area (Å²) in [6.07, 6.45) is 5.05. The monoisotopic (exact) mass is 379 g/mol. The molecule has 0 spiro atoms. The fourth-order valence-corrected chi connectivity index (χ4v) is 5.23. The van der Waals surface area contributed by atoms with Crippen LogP contribution in [-0.2, 0) is 10.0 Å². The van der Waals surface area contributed by atoms with Gasteiger partial charge in [0.05, 0.1) is 10.5 Å². The number of carbonyl (C=O) groups excluding carboxylic acids is 1. The topological polar surface area (TPSA) is 69.7 Å². The number of nitrogens with zero attached hydrogens (tertiary/aromatic N) is 2. The Morgan fingerprint density at radius 3 is 2.23 bits per heavy atom. The molecule has 0 bridgehead atoms. The molecule has 1 amide bonds. The van der Waals surface area contributed by atoms with Crippen molar-refractivity contribution >= 4 is 21.6 Å². The molecule has 0 atom stereocenters. The van der Waals surface area contributed by atoms with Crippen molar-refractivity contribution in [3.8, 4) is 0 Å². The van der Waals surface area contributed by atoms with E-state index in [4.69, 9.17) is 0 Å². The molecule has 0 saturated carbocycles. The molecule has 6 nitrogen and oxygen atoms in total. The Morgan fingerprint density at radius 1 is 1.00 bits per heavy atom. The maximum Gasteiger partial charge on any atom is 0.253 e. The van der Waals surface area contributed by atoms with Gasteiger partial charge >= 0.3 is 0 Å². The quantitative estimate of drug-likeness (QED) is 0.854. The van der Waals surface area contributed by atoms with Gasteiger partial charge < -0.3 is 10.2 Å². The van der Waals surface area contributed by atoms with Gasteiger partial charge in [0.1, 0.15) is 0 Å². The number of anilines is 1. The van der Waals surface area contributed by atoms with E-state index < -0.39 is 10.0 Å². The van der Waals surface area contributed by atoms with Gasteiger partial charge in [0.25, 0.3) is 5.91 Å². The molecule has 1 aromatic carbocycles. The third-order valence-corrected chi connectivity index (χ3v) is 6.93. The fourth-order valence-electron chi connectivity index (χ4n) is 3.69. The van der Waals surface area contributed by atoms with Crippen LogP contribution in [0.25, 0.3) is 0 Å². The highest BCUT2D eigenvalue weighted by atomic mass is 32.2. The lowest BCUT2D eigenvalue weighted by Gasteiger charge is -2.27. The van der Waals surface area contributed by atoms with Crippen molar-refractivity contribution in [1.82, 2.24) is 9.62 Å². The van der Waals surface area contributed by atoms with E-state index >= 15 is 0 Å². The minimum atomic E-state index is -3.55. The van der Waals surface area contributed by atoms with Crippen LogP contribution in [0.2, 0.25) is 0 Å². The zero-order chi connectivity index (χ0) is 18.7. The van der Waals surface area contributed by atoms with Gasteiger partial charge in [0.2, 0.25) is 10.0 Å². The van der Waals surface area contributed by atoms with Crippen molar-refractivity contribution in [2.24, 2.45) is 0 Å². The molecular formula is C19H29N3O3S. The molecule has 2 heterocycles. The molecule has 3 rings (SSSR count). The number of rotatable bonds is 5. The van der Waals surface area contributed by atoms with Crippen LogP contribution in [0, 0.1) is 0 Å². The SMILES string of the molecule is CC(C)NC(=O)c1cc(S(=O)(=O)N2CCCCC2)ccc1N1CCCC1. The van der Waals surface area contributed by atoms with Crippen molar-refractivity contribution in [3.63, 3.8) is 0 Å². The first kappa shape index (κ1) is 19.2. The van der Waals surface area contributed by atoms with E-state index in [2.05, 4.69) is 10.2 Å². The zero-order valence-corrected chi connectivity index (χ0v) is 16.5. The standard InChI is InChI=1S/C19H29N3O3S/c1-15(2)20-19(23)17-14-16(8-9-18(17)21-10-6-7-11-21)26(24,25)22-12-4-3-5-13-22/h8-9,14-15H,3-7,10-13H2,1-2H3,(H,20,23). The maximum absolute atomic E-state index is 13.0. The average molecular weight is 380 g/mol. The van der Waals surface area contributed by atoms with E-state index in [1.54, 1.807) is 22.5 Å². The van der Waals surface area contributed by atoms with Gasteiger partial charge in [-0.25, -0.2) is 8.42 Å². The lowest BCUT2D eigenvalue weighted by atomic mass is 10.1. The predicted molar refractivity (Wildman–Crippen MR) is 103 cm³/mol. The summed E-state index contributed by atoms with van der Waals surface area (Å²) >= 11 is 0. The zero-order valence-electron chi connectivity index (χ0n) is 15.7. The molecule has 0 unspecified atom stereocenters. The summed E-state index contributed by atoms with van der Waals surface area (Å²) in [5, 5.41) is 2.91. The summed E-state index contributed by atoms with van der Waals surface area (Å²) in [7, 11) is -3.55. The highest BCUT2D eigenvalue weighted by Crippen LogP contribution is 2.29. The normalized spacial score (nSPS) is 19.1. The smallest absolute Gasteiger partial charge is 0.253 e. The van der Waals surface area contributed by atoms with E-state index in [1.165, 1.54) is 0 Å². The highest BCUT2D eigenvalue weighted by Gasteiger charge is 2.28. The largest absolute Gasteiger partial charge is 0.371 e. The molecule has 2 saturated heterocycles. The summed E-state index contributed by atoms with van der Waals surface area (Å²) in [5.41, 5.74) is 1.29. The molecule has 7 heteroatoms. The number of carbonyl (C=O) groups is 1. The molecule has 2 fully saturated rings. The van der Waals surface area contributed by atoms with Crippen LogP contribution >= 0.6 is 0 Å². The van der Waals surface area contributed by atoms with Gasteiger partial charge in [-0.1, -0.05) is 6.42 Å². The number of nitrogens with one attached hydrogen (secondary N) is 1. The maximum atomic E-state index is 13.0. The van der Waals surface area contributed by atoms with Crippen molar-refractivity contribution in [3.05, 3.63) is 23.8 Å². The predicted octanol–water partition coefficient (Wildman–Crippen LogP) is 2.60. The number of hydrogen-bond acceptors (Lipinski definition) is 4.